The fraction of sp³-hybridized carbons (Fsp3) is 0.833. The highest BCUT2D eigenvalue weighted by Gasteiger charge is 2.29. The normalized spacial score (nSPS) is 14.8. The Morgan fingerprint density at radius 1 is 1.44 bits per heavy atom. The molecule has 1 atom stereocenters. The molecule has 1 unspecified atom stereocenters. The Kier molecular flexibility index (Phi) is 5.59. The first-order valence-corrected chi connectivity index (χ1v) is 6.03. The Balaban J connectivity index is 4.12. The molecular weight excluding hydrogens is 267 g/mol. The van der Waals surface area contributed by atoms with Crippen molar-refractivity contribution in [2.45, 2.75) is 13.1 Å². The predicted octanol–water partition coefficient (Wildman–Crippen LogP) is -0.105. The molecule has 0 aromatic heterocycles. The summed E-state index contributed by atoms with van der Waals surface area (Å²) in [4.78, 5) is 0.0820. The predicted molar refractivity (Wildman–Crippen MR) is 56.9 cm³/mol. The minimum absolute atomic E-state index is 0.0820. The van der Waals surface area contributed by atoms with E-state index in [0.29, 0.717) is 0 Å². The molecule has 0 bridgehead atoms. The molecule has 0 saturated heterocycles. The second kappa shape index (κ2) is 5.75. The van der Waals surface area contributed by atoms with Gasteiger partial charge in [0.15, 0.2) is 0 Å². The van der Waals surface area contributed by atoms with E-state index < -0.39 is 28.8 Å². The number of nitrogens with one attached hydrogen (secondary N) is 2. The van der Waals surface area contributed by atoms with E-state index in [0.717, 1.165) is 0 Å². The first-order chi connectivity index (χ1) is 7.03. The van der Waals surface area contributed by atoms with E-state index in [2.05, 4.69) is 12.2 Å². The number of thiocarbonyl (C=S) groups is 1. The van der Waals surface area contributed by atoms with Crippen LogP contribution in [0.3, 0.4) is 0 Å². The number of rotatable bonds is 6. The molecule has 96 valence electrons. The van der Waals surface area contributed by atoms with E-state index in [9.17, 15) is 21.6 Å². The van der Waals surface area contributed by atoms with Crippen molar-refractivity contribution >= 4 is 27.4 Å². The maximum Gasteiger partial charge on any atom is 0.402 e. The van der Waals surface area contributed by atoms with Crippen molar-refractivity contribution in [1.29, 1.82) is 0 Å². The van der Waals surface area contributed by atoms with E-state index in [4.69, 9.17) is 5.73 Å². The molecule has 0 aromatic carbocycles. The van der Waals surface area contributed by atoms with Crippen LogP contribution in [0.1, 0.15) is 6.92 Å². The molecule has 10 heteroatoms. The molecule has 4 N–H and O–H groups in total. The zero-order chi connectivity index (χ0) is 13.0. The third kappa shape index (κ3) is 7.79. The summed E-state index contributed by atoms with van der Waals surface area (Å²) < 4.78 is 60.4. The van der Waals surface area contributed by atoms with Crippen LogP contribution in [-0.2, 0) is 10.2 Å². The number of nitrogens with two attached hydrogens (primary N) is 1. The van der Waals surface area contributed by atoms with Crippen molar-refractivity contribution in [3.8, 4) is 0 Å². The van der Waals surface area contributed by atoms with Crippen LogP contribution in [0, 0.1) is 5.92 Å². The molecule has 0 spiro atoms. The van der Waals surface area contributed by atoms with Gasteiger partial charge in [-0.3, -0.25) is 0 Å². The van der Waals surface area contributed by atoms with Gasteiger partial charge in [0.1, 0.15) is 6.54 Å². The molecule has 0 aliphatic heterocycles. The molecule has 0 saturated carbocycles. The fourth-order valence-electron chi connectivity index (χ4n) is 0.563. The fourth-order valence-corrected chi connectivity index (χ4v) is 1.57. The zero-order valence-corrected chi connectivity index (χ0v) is 9.97. The molecule has 0 radical (unpaired) electrons. The van der Waals surface area contributed by atoms with Gasteiger partial charge in [0, 0.05) is 12.5 Å². The number of alkyl halides is 3. The highest BCUT2D eigenvalue weighted by atomic mass is 32.2. The van der Waals surface area contributed by atoms with Gasteiger partial charge in [-0.1, -0.05) is 19.1 Å². The van der Waals surface area contributed by atoms with Crippen LogP contribution in [0.15, 0.2) is 0 Å². The van der Waals surface area contributed by atoms with Gasteiger partial charge >= 0.3 is 6.18 Å². The lowest BCUT2D eigenvalue weighted by molar-refractivity contribution is -0.121. The molecule has 0 rings (SSSR count). The van der Waals surface area contributed by atoms with Crippen molar-refractivity contribution in [2.24, 2.45) is 11.7 Å². The van der Waals surface area contributed by atoms with E-state index >= 15 is 0 Å². The van der Waals surface area contributed by atoms with E-state index in [1.807, 2.05) is 4.72 Å². The summed E-state index contributed by atoms with van der Waals surface area (Å²) in [6, 6.07) is 0. The van der Waals surface area contributed by atoms with Crippen LogP contribution in [0.4, 0.5) is 13.2 Å². The van der Waals surface area contributed by atoms with Gasteiger partial charge < -0.3 is 5.73 Å². The van der Waals surface area contributed by atoms with Crippen LogP contribution in [0.25, 0.3) is 0 Å². The van der Waals surface area contributed by atoms with Crippen molar-refractivity contribution in [2.75, 3.05) is 13.1 Å². The van der Waals surface area contributed by atoms with Gasteiger partial charge in [0.2, 0.25) is 0 Å². The number of halogens is 3. The summed E-state index contributed by atoms with van der Waals surface area (Å²) in [5.41, 5.74) is 5.20. The first-order valence-electron chi connectivity index (χ1n) is 4.14. The third-order valence-corrected chi connectivity index (χ3v) is 3.00. The molecule has 16 heavy (non-hydrogen) atoms. The minimum Gasteiger partial charge on any atom is -0.393 e. The van der Waals surface area contributed by atoms with Gasteiger partial charge in [-0.25, -0.2) is 4.72 Å². The lowest BCUT2D eigenvalue weighted by Gasteiger charge is -2.13. The summed E-state index contributed by atoms with van der Waals surface area (Å²) >= 11 is 4.57. The Labute approximate surface area is 96.8 Å². The summed E-state index contributed by atoms with van der Waals surface area (Å²) in [5, 5.41) is 0. The molecule has 0 heterocycles. The van der Waals surface area contributed by atoms with E-state index in [1.54, 1.807) is 6.92 Å². The molecule has 0 fully saturated rings. The van der Waals surface area contributed by atoms with Crippen LogP contribution >= 0.6 is 12.2 Å². The lowest BCUT2D eigenvalue weighted by atomic mass is 10.2. The highest BCUT2D eigenvalue weighted by Crippen LogP contribution is 2.12. The molecular formula is C6H12F3N3O2S2. The average Bonchev–Trinajstić information content (AvgIpc) is 2.10. The van der Waals surface area contributed by atoms with Crippen molar-refractivity contribution in [3.63, 3.8) is 0 Å². The van der Waals surface area contributed by atoms with Crippen molar-refractivity contribution in [3.05, 3.63) is 0 Å². The topological polar surface area (TPSA) is 84.2 Å². The zero-order valence-electron chi connectivity index (χ0n) is 8.34. The smallest absolute Gasteiger partial charge is 0.393 e. The first kappa shape index (κ1) is 15.6. The van der Waals surface area contributed by atoms with Gasteiger partial charge in [0.05, 0.1) is 4.99 Å². The third-order valence-electron chi connectivity index (χ3n) is 1.53. The van der Waals surface area contributed by atoms with E-state index in [1.165, 1.54) is 4.72 Å². The molecule has 0 aromatic rings. The lowest BCUT2D eigenvalue weighted by Crippen LogP contribution is -2.44. The second-order valence-corrected chi connectivity index (χ2v) is 5.15. The molecule has 0 aliphatic rings. The van der Waals surface area contributed by atoms with Gasteiger partial charge in [-0.05, 0) is 0 Å². The number of hydrogen-bond acceptors (Lipinski definition) is 3. The minimum atomic E-state index is -4.59. The standard InChI is InChI=1S/C6H12F3N3O2S2/c1-4(5(10)15)2-11-16(13,14)12-3-6(7,8)9/h4,11-12H,2-3H2,1H3,(H2,10,15). The van der Waals surface area contributed by atoms with E-state index in [-0.39, 0.29) is 11.5 Å². The Hall–Kier alpha value is -0.450. The van der Waals surface area contributed by atoms with Crippen molar-refractivity contribution in [1.82, 2.24) is 9.44 Å². The number of hydrogen-bond donors (Lipinski definition) is 3. The quantitative estimate of drug-likeness (QED) is 0.593. The summed E-state index contributed by atoms with van der Waals surface area (Å²) in [5.74, 6) is -0.433. The van der Waals surface area contributed by atoms with Gasteiger partial charge in [-0.2, -0.15) is 26.3 Å². The van der Waals surface area contributed by atoms with Crippen molar-refractivity contribution < 1.29 is 21.6 Å². The molecule has 0 amide bonds. The van der Waals surface area contributed by atoms with Gasteiger partial charge in [-0.15, -0.1) is 0 Å². The summed E-state index contributed by atoms with van der Waals surface area (Å²) in [7, 11) is -4.18. The van der Waals surface area contributed by atoms with Gasteiger partial charge in [0.25, 0.3) is 10.2 Å². The van der Waals surface area contributed by atoms with Crippen LogP contribution in [0.2, 0.25) is 0 Å². The highest BCUT2D eigenvalue weighted by molar-refractivity contribution is 7.87. The molecule has 0 aliphatic carbocycles. The Bertz CT molecular complexity index is 341. The Morgan fingerprint density at radius 3 is 2.31 bits per heavy atom. The second-order valence-electron chi connectivity index (χ2n) is 3.09. The average molecular weight is 279 g/mol. The SMILES string of the molecule is CC(CNS(=O)(=O)NCC(F)(F)F)C(N)=S. The largest absolute Gasteiger partial charge is 0.402 e. The Morgan fingerprint density at radius 2 is 1.94 bits per heavy atom. The maximum absolute atomic E-state index is 11.7. The van der Waals surface area contributed by atoms with Crippen LogP contribution in [0.5, 0.6) is 0 Å². The monoisotopic (exact) mass is 279 g/mol. The van der Waals surface area contributed by atoms with Crippen LogP contribution < -0.4 is 15.2 Å². The summed E-state index contributed by atoms with van der Waals surface area (Å²) in [6.07, 6.45) is -4.59. The molecule has 5 nitrogen and oxygen atoms in total. The van der Waals surface area contributed by atoms with Crippen LogP contribution in [-0.4, -0.2) is 32.7 Å². The maximum atomic E-state index is 11.7. The summed E-state index contributed by atoms with van der Waals surface area (Å²) in [6.45, 7) is -0.221.